The zero-order chi connectivity index (χ0) is 24.6. The number of rotatable bonds is 5. The van der Waals surface area contributed by atoms with Crippen LogP contribution in [0.25, 0.3) is 16.5 Å². The molecule has 1 N–H and O–H groups in total. The Labute approximate surface area is 199 Å². The summed E-state index contributed by atoms with van der Waals surface area (Å²) in [4.78, 5) is 12.8. The van der Waals surface area contributed by atoms with Crippen molar-refractivity contribution >= 4 is 22.4 Å². The predicted octanol–water partition coefficient (Wildman–Crippen LogP) is 6.47. The van der Waals surface area contributed by atoms with Gasteiger partial charge in [0.25, 0.3) is 0 Å². The summed E-state index contributed by atoms with van der Waals surface area (Å²) in [5, 5.41) is 15.0. The molecule has 0 amide bonds. The molecule has 1 aliphatic carbocycles. The van der Waals surface area contributed by atoms with Crippen molar-refractivity contribution in [3.63, 3.8) is 0 Å². The number of halogens is 3. The third kappa shape index (κ3) is 4.03. The lowest BCUT2D eigenvalue weighted by molar-refractivity contribution is -0.142. The minimum absolute atomic E-state index is 0.0783. The van der Waals surface area contributed by atoms with Crippen LogP contribution in [0.1, 0.15) is 28.8 Å². The minimum atomic E-state index is -4.62. The molecule has 1 atom stereocenters. The van der Waals surface area contributed by atoms with Crippen LogP contribution in [0.2, 0.25) is 0 Å². The van der Waals surface area contributed by atoms with E-state index >= 15 is 0 Å². The van der Waals surface area contributed by atoms with E-state index in [0.717, 1.165) is 22.8 Å². The fourth-order valence-corrected chi connectivity index (χ4v) is 4.64. The molecule has 1 aliphatic rings. The third-order valence-corrected chi connectivity index (χ3v) is 6.35. The zero-order valence-corrected chi connectivity index (χ0v) is 18.5. The van der Waals surface area contributed by atoms with Crippen LogP contribution in [-0.2, 0) is 22.9 Å². The molecule has 0 radical (unpaired) electrons. The molecule has 3 aromatic carbocycles. The largest absolute Gasteiger partial charge is 0.480 e. The Morgan fingerprint density at radius 2 is 1.66 bits per heavy atom. The van der Waals surface area contributed by atoms with Gasteiger partial charge in [-0.05, 0) is 29.2 Å². The normalized spacial score (nSPS) is 18.0. The molecule has 4 aromatic rings. The average molecular weight is 474 g/mol. The van der Waals surface area contributed by atoms with E-state index in [2.05, 4.69) is 5.10 Å². The Hall–Kier alpha value is -4.13. The molecule has 0 spiro atoms. The highest BCUT2D eigenvalue weighted by Crippen LogP contribution is 2.43. The minimum Gasteiger partial charge on any atom is -0.480 e. The summed E-state index contributed by atoms with van der Waals surface area (Å²) in [6.45, 7) is 0.139. The molecule has 5 rings (SSSR count). The van der Waals surface area contributed by atoms with Gasteiger partial charge in [-0.1, -0.05) is 91.0 Å². The molecule has 0 aliphatic heterocycles. The molecule has 1 aromatic heterocycles. The molecule has 1 unspecified atom stereocenters. The van der Waals surface area contributed by atoms with Crippen molar-refractivity contribution in [2.75, 3.05) is 0 Å². The van der Waals surface area contributed by atoms with E-state index in [-0.39, 0.29) is 29.6 Å². The van der Waals surface area contributed by atoms with Crippen molar-refractivity contribution in [3.8, 4) is 0 Å². The SMILES string of the molecule is O=C(O)C1(c2c3cccc(C(F)(F)F)c3nn2Cc2ccccc2)C=CC(c2ccccc2)=CC1. The van der Waals surface area contributed by atoms with Gasteiger partial charge in [0.2, 0.25) is 0 Å². The maximum absolute atomic E-state index is 13.8. The molecular weight excluding hydrogens is 453 g/mol. The maximum Gasteiger partial charge on any atom is 0.418 e. The third-order valence-electron chi connectivity index (χ3n) is 6.35. The monoisotopic (exact) mass is 474 g/mol. The molecule has 0 bridgehead atoms. The van der Waals surface area contributed by atoms with Crippen LogP contribution in [0.3, 0.4) is 0 Å². The number of aromatic nitrogens is 2. The van der Waals surface area contributed by atoms with Crippen molar-refractivity contribution < 1.29 is 23.1 Å². The van der Waals surface area contributed by atoms with Gasteiger partial charge in [0.05, 0.1) is 17.8 Å². The summed E-state index contributed by atoms with van der Waals surface area (Å²) >= 11 is 0. The summed E-state index contributed by atoms with van der Waals surface area (Å²) in [5.74, 6) is -1.15. The molecule has 1 heterocycles. The molecular formula is C28H21F3N2O2. The van der Waals surface area contributed by atoms with E-state index in [1.807, 2.05) is 66.7 Å². The fourth-order valence-electron chi connectivity index (χ4n) is 4.64. The Bertz CT molecular complexity index is 1450. The number of carbonyl (C=O) groups is 1. The first-order valence-electron chi connectivity index (χ1n) is 11.1. The zero-order valence-electron chi connectivity index (χ0n) is 18.5. The van der Waals surface area contributed by atoms with Gasteiger partial charge >= 0.3 is 12.1 Å². The van der Waals surface area contributed by atoms with Gasteiger partial charge in [-0.3, -0.25) is 9.48 Å². The first-order chi connectivity index (χ1) is 16.8. The van der Waals surface area contributed by atoms with E-state index in [4.69, 9.17) is 0 Å². The molecule has 7 heteroatoms. The van der Waals surface area contributed by atoms with Crippen molar-refractivity contribution in [2.24, 2.45) is 0 Å². The predicted molar refractivity (Wildman–Crippen MR) is 128 cm³/mol. The molecule has 0 fully saturated rings. The van der Waals surface area contributed by atoms with Crippen molar-refractivity contribution in [3.05, 3.63) is 119 Å². The summed E-state index contributed by atoms with van der Waals surface area (Å²) in [7, 11) is 0. The second-order valence-corrected chi connectivity index (χ2v) is 8.53. The smallest absolute Gasteiger partial charge is 0.418 e. The van der Waals surface area contributed by atoms with Crippen LogP contribution >= 0.6 is 0 Å². The number of allylic oxidation sites excluding steroid dienone is 3. The number of hydrogen-bond donors (Lipinski definition) is 1. The molecule has 176 valence electrons. The Balaban J connectivity index is 1.71. The second-order valence-electron chi connectivity index (χ2n) is 8.53. The summed E-state index contributed by atoms with van der Waals surface area (Å²) in [5.41, 5.74) is 0.111. The van der Waals surface area contributed by atoms with Gasteiger partial charge in [0.15, 0.2) is 0 Å². The van der Waals surface area contributed by atoms with Crippen LogP contribution in [0.4, 0.5) is 13.2 Å². The highest BCUT2D eigenvalue weighted by molar-refractivity contribution is 5.95. The quantitative estimate of drug-likeness (QED) is 0.361. The van der Waals surface area contributed by atoms with Crippen LogP contribution in [-0.4, -0.2) is 20.9 Å². The highest BCUT2D eigenvalue weighted by Gasteiger charge is 2.44. The topological polar surface area (TPSA) is 55.1 Å². The Kier molecular flexibility index (Phi) is 5.55. The molecule has 0 saturated heterocycles. The number of fused-ring (bicyclic) bond motifs is 1. The lowest BCUT2D eigenvalue weighted by Gasteiger charge is -2.29. The number of carboxylic acid groups (broad SMARTS) is 1. The average Bonchev–Trinajstić information content (AvgIpc) is 3.22. The molecule has 4 nitrogen and oxygen atoms in total. The van der Waals surface area contributed by atoms with Crippen LogP contribution in [0.15, 0.2) is 97.1 Å². The van der Waals surface area contributed by atoms with E-state index in [9.17, 15) is 23.1 Å². The maximum atomic E-state index is 13.8. The highest BCUT2D eigenvalue weighted by atomic mass is 19.4. The number of nitrogens with zero attached hydrogens (tertiary/aromatic N) is 2. The summed E-state index contributed by atoms with van der Waals surface area (Å²) in [6.07, 6.45) is 0.585. The van der Waals surface area contributed by atoms with Gasteiger partial charge in [0, 0.05) is 5.39 Å². The summed E-state index contributed by atoms with van der Waals surface area (Å²) < 4.78 is 42.9. The molecule has 0 saturated carbocycles. The first kappa shape index (κ1) is 22.7. The van der Waals surface area contributed by atoms with Gasteiger partial charge < -0.3 is 5.11 Å². The number of aliphatic carboxylic acids is 1. The number of benzene rings is 3. The van der Waals surface area contributed by atoms with Crippen LogP contribution in [0.5, 0.6) is 0 Å². The summed E-state index contributed by atoms with van der Waals surface area (Å²) in [6, 6.07) is 22.5. The Morgan fingerprint density at radius 3 is 2.26 bits per heavy atom. The lowest BCUT2D eigenvalue weighted by atomic mass is 9.75. The number of hydrogen-bond acceptors (Lipinski definition) is 2. The van der Waals surface area contributed by atoms with Crippen molar-refractivity contribution in [1.29, 1.82) is 0 Å². The van der Waals surface area contributed by atoms with E-state index < -0.39 is 23.1 Å². The van der Waals surface area contributed by atoms with Crippen molar-refractivity contribution in [1.82, 2.24) is 9.78 Å². The van der Waals surface area contributed by atoms with E-state index in [1.165, 1.54) is 16.8 Å². The lowest BCUT2D eigenvalue weighted by Crippen LogP contribution is -2.37. The second kappa shape index (κ2) is 8.58. The van der Waals surface area contributed by atoms with Gasteiger partial charge in [0.1, 0.15) is 10.9 Å². The van der Waals surface area contributed by atoms with E-state index in [0.29, 0.717) is 0 Å². The van der Waals surface area contributed by atoms with E-state index in [1.54, 1.807) is 12.2 Å². The van der Waals surface area contributed by atoms with Crippen molar-refractivity contribution in [2.45, 2.75) is 24.6 Å². The number of carboxylic acids is 1. The van der Waals surface area contributed by atoms with Crippen LogP contribution < -0.4 is 0 Å². The number of alkyl halides is 3. The van der Waals surface area contributed by atoms with Crippen LogP contribution in [0, 0.1) is 0 Å². The van der Waals surface area contributed by atoms with Gasteiger partial charge in [-0.25, -0.2) is 0 Å². The van der Waals surface area contributed by atoms with Gasteiger partial charge in [-0.15, -0.1) is 0 Å². The fraction of sp³-hybridized carbons (Fsp3) is 0.143. The standard InChI is InChI=1S/C28H21F3N2O2/c29-28(30,31)23-13-7-12-22-24(23)32-33(18-19-8-3-1-4-9-19)25(22)27(26(34)35)16-14-21(15-17-27)20-10-5-2-6-11-20/h1-16H,17-18H2,(H,34,35). The Morgan fingerprint density at radius 1 is 0.971 bits per heavy atom. The molecule has 35 heavy (non-hydrogen) atoms. The van der Waals surface area contributed by atoms with Gasteiger partial charge in [-0.2, -0.15) is 18.3 Å². The first-order valence-corrected chi connectivity index (χ1v) is 11.1.